The first-order chi connectivity index (χ1) is 9.72. The van der Waals surface area contributed by atoms with E-state index in [1.165, 1.54) is 6.42 Å². The van der Waals surface area contributed by atoms with Gasteiger partial charge in [0.1, 0.15) is 0 Å². The topological polar surface area (TPSA) is 44.4 Å². The number of fused-ring (bicyclic) bond motifs is 1. The number of para-hydroxylation sites is 1. The van der Waals surface area contributed by atoms with Crippen LogP contribution in [-0.2, 0) is 4.79 Å². The van der Waals surface area contributed by atoms with Crippen molar-refractivity contribution in [3.05, 3.63) is 28.7 Å². The van der Waals surface area contributed by atoms with Crippen molar-refractivity contribution < 1.29 is 4.79 Å². The molecule has 4 nitrogen and oxygen atoms in total. The van der Waals surface area contributed by atoms with E-state index in [0.717, 1.165) is 48.2 Å². The van der Waals surface area contributed by atoms with E-state index >= 15 is 0 Å². The fourth-order valence-electron chi connectivity index (χ4n) is 3.21. The van der Waals surface area contributed by atoms with Crippen molar-refractivity contribution >= 4 is 39.9 Å². The van der Waals surface area contributed by atoms with Crippen LogP contribution in [0.25, 0.3) is 0 Å². The third-order valence-electron chi connectivity index (χ3n) is 4.30. The number of hydrogen-bond acceptors (Lipinski definition) is 3. The number of halogens is 2. The summed E-state index contributed by atoms with van der Waals surface area (Å²) in [6, 6.07) is 7.72. The molecule has 3 rings (SSSR count). The van der Waals surface area contributed by atoms with Crippen LogP contribution in [0.3, 0.4) is 0 Å². The molecule has 2 aliphatic heterocycles. The van der Waals surface area contributed by atoms with E-state index in [1.54, 1.807) is 0 Å². The Balaban J connectivity index is 0.00000161. The van der Waals surface area contributed by atoms with Crippen LogP contribution in [0, 0.1) is 11.8 Å². The predicted molar refractivity (Wildman–Crippen MR) is 90.9 cm³/mol. The Hall–Kier alpha value is -0.620. The summed E-state index contributed by atoms with van der Waals surface area (Å²) in [5.74, 6) is 1.61. The minimum Gasteiger partial charge on any atom is -0.324 e. The molecule has 1 amide bonds. The van der Waals surface area contributed by atoms with Crippen LogP contribution in [0.15, 0.2) is 28.7 Å². The molecule has 0 radical (unpaired) electrons. The van der Waals surface area contributed by atoms with Gasteiger partial charge in [0.05, 0.1) is 12.2 Å². The molecule has 6 heteroatoms. The molecule has 2 unspecified atom stereocenters. The van der Waals surface area contributed by atoms with E-state index in [1.807, 2.05) is 24.3 Å². The summed E-state index contributed by atoms with van der Waals surface area (Å²) in [6.45, 7) is 4.83. The van der Waals surface area contributed by atoms with Gasteiger partial charge in [-0.05, 0) is 66.0 Å². The number of likely N-dealkylation sites (tertiary alicyclic amines) is 1. The molecule has 116 valence electrons. The first-order valence-electron chi connectivity index (χ1n) is 7.20. The normalized spacial score (nSPS) is 25.0. The van der Waals surface area contributed by atoms with E-state index in [0.29, 0.717) is 6.54 Å². The van der Waals surface area contributed by atoms with Crippen LogP contribution in [-0.4, -0.2) is 43.5 Å². The summed E-state index contributed by atoms with van der Waals surface area (Å²) in [4.78, 5) is 14.4. The molecule has 0 spiro atoms. The van der Waals surface area contributed by atoms with E-state index in [4.69, 9.17) is 0 Å². The Bertz CT molecular complexity index is 500. The first kappa shape index (κ1) is 16.7. The van der Waals surface area contributed by atoms with Crippen LogP contribution in [0.4, 0.5) is 5.69 Å². The van der Waals surface area contributed by atoms with Gasteiger partial charge in [0.2, 0.25) is 5.91 Å². The number of benzene rings is 1. The number of rotatable bonds is 3. The SMILES string of the molecule is Cl.O=C(CN1CCC2CNCC2C1)Nc1ccccc1Br. The van der Waals surface area contributed by atoms with Gasteiger partial charge in [0.25, 0.3) is 0 Å². The average molecular weight is 375 g/mol. The third-order valence-corrected chi connectivity index (χ3v) is 5.00. The summed E-state index contributed by atoms with van der Waals surface area (Å²) >= 11 is 3.45. The van der Waals surface area contributed by atoms with Gasteiger partial charge in [-0.2, -0.15) is 0 Å². The Morgan fingerprint density at radius 3 is 2.90 bits per heavy atom. The zero-order chi connectivity index (χ0) is 13.9. The summed E-state index contributed by atoms with van der Waals surface area (Å²) in [5, 5.41) is 6.43. The number of nitrogens with zero attached hydrogens (tertiary/aromatic N) is 1. The van der Waals surface area contributed by atoms with Crippen molar-refractivity contribution in [1.29, 1.82) is 0 Å². The summed E-state index contributed by atoms with van der Waals surface area (Å²) in [6.07, 6.45) is 1.21. The highest BCUT2D eigenvalue weighted by atomic mass is 79.9. The van der Waals surface area contributed by atoms with Gasteiger partial charge < -0.3 is 10.6 Å². The van der Waals surface area contributed by atoms with Crippen LogP contribution >= 0.6 is 28.3 Å². The second kappa shape index (κ2) is 7.58. The fourth-order valence-corrected chi connectivity index (χ4v) is 3.59. The molecule has 2 saturated heterocycles. The molecule has 0 aliphatic carbocycles. The van der Waals surface area contributed by atoms with Gasteiger partial charge >= 0.3 is 0 Å². The van der Waals surface area contributed by atoms with Crippen molar-refractivity contribution in [2.24, 2.45) is 11.8 Å². The van der Waals surface area contributed by atoms with Crippen LogP contribution in [0.5, 0.6) is 0 Å². The number of anilines is 1. The lowest BCUT2D eigenvalue weighted by atomic mass is 9.89. The summed E-state index contributed by atoms with van der Waals surface area (Å²) in [5.41, 5.74) is 0.843. The number of carbonyl (C=O) groups is 1. The largest absolute Gasteiger partial charge is 0.324 e. The Kier molecular flexibility index (Phi) is 6.05. The predicted octanol–water partition coefficient (Wildman–Crippen LogP) is 2.35. The number of carbonyl (C=O) groups excluding carboxylic acids is 1. The van der Waals surface area contributed by atoms with Gasteiger partial charge in [0.15, 0.2) is 0 Å². The Labute approximate surface area is 140 Å². The van der Waals surface area contributed by atoms with E-state index in [-0.39, 0.29) is 18.3 Å². The Morgan fingerprint density at radius 1 is 1.33 bits per heavy atom. The molecule has 2 heterocycles. The molecule has 2 aliphatic rings. The van der Waals surface area contributed by atoms with Crippen molar-refractivity contribution in [3.8, 4) is 0 Å². The number of nitrogens with one attached hydrogen (secondary N) is 2. The molecule has 1 aromatic carbocycles. The van der Waals surface area contributed by atoms with Crippen molar-refractivity contribution in [1.82, 2.24) is 10.2 Å². The Morgan fingerprint density at radius 2 is 2.10 bits per heavy atom. The number of amides is 1. The average Bonchev–Trinajstić information content (AvgIpc) is 2.89. The molecule has 0 aromatic heterocycles. The molecule has 2 N–H and O–H groups in total. The van der Waals surface area contributed by atoms with Gasteiger partial charge in [-0.25, -0.2) is 0 Å². The minimum absolute atomic E-state index is 0. The van der Waals surface area contributed by atoms with Crippen LogP contribution < -0.4 is 10.6 Å². The summed E-state index contributed by atoms with van der Waals surface area (Å²) in [7, 11) is 0. The van der Waals surface area contributed by atoms with E-state index in [9.17, 15) is 4.79 Å². The maximum Gasteiger partial charge on any atom is 0.238 e. The first-order valence-corrected chi connectivity index (χ1v) is 7.99. The van der Waals surface area contributed by atoms with Crippen molar-refractivity contribution in [2.45, 2.75) is 6.42 Å². The van der Waals surface area contributed by atoms with Crippen LogP contribution in [0.2, 0.25) is 0 Å². The lowest BCUT2D eigenvalue weighted by molar-refractivity contribution is -0.117. The quantitative estimate of drug-likeness (QED) is 0.853. The molecule has 2 atom stereocenters. The zero-order valence-corrected chi connectivity index (χ0v) is 14.3. The second-order valence-corrected chi connectivity index (χ2v) is 6.58. The van der Waals surface area contributed by atoms with Gasteiger partial charge in [0, 0.05) is 11.0 Å². The van der Waals surface area contributed by atoms with Crippen LogP contribution in [0.1, 0.15) is 6.42 Å². The van der Waals surface area contributed by atoms with Gasteiger partial charge in [-0.15, -0.1) is 12.4 Å². The van der Waals surface area contributed by atoms with Crippen molar-refractivity contribution in [2.75, 3.05) is 38.0 Å². The lowest BCUT2D eigenvalue weighted by Crippen LogP contribution is -2.43. The van der Waals surface area contributed by atoms with Gasteiger partial charge in [-0.3, -0.25) is 9.69 Å². The van der Waals surface area contributed by atoms with Gasteiger partial charge in [-0.1, -0.05) is 12.1 Å². The molecule has 0 saturated carbocycles. The molecule has 0 bridgehead atoms. The highest BCUT2D eigenvalue weighted by Gasteiger charge is 2.33. The number of piperidine rings is 1. The molecule has 21 heavy (non-hydrogen) atoms. The number of hydrogen-bond donors (Lipinski definition) is 2. The highest BCUT2D eigenvalue weighted by molar-refractivity contribution is 9.10. The molecular formula is C15H21BrClN3O. The maximum atomic E-state index is 12.1. The molecule has 2 fully saturated rings. The van der Waals surface area contributed by atoms with E-state index < -0.39 is 0 Å². The highest BCUT2D eigenvalue weighted by Crippen LogP contribution is 2.26. The molecule has 1 aromatic rings. The lowest BCUT2D eigenvalue weighted by Gasteiger charge is -2.33. The molecular weight excluding hydrogens is 354 g/mol. The standard InChI is InChI=1S/C15H20BrN3O.ClH/c16-13-3-1-2-4-14(13)18-15(20)10-19-6-5-11-7-17-8-12(11)9-19;/h1-4,11-12,17H,5-10H2,(H,18,20);1H. The fraction of sp³-hybridized carbons (Fsp3) is 0.533. The smallest absolute Gasteiger partial charge is 0.238 e. The monoisotopic (exact) mass is 373 g/mol. The zero-order valence-electron chi connectivity index (χ0n) is 11.8. The summed E-state index contributed by atoms with van der Waals surface area (Å²) < 4.78 is 0.923. The second-order valence-electron chi connectivity index (χ2n) is 5.73. The minimum atomic E-state index is 0. The third kappa shape index (κ3) is 4.19. The van der Waals surface area contributed by atoms with E-state index in [2.05, 4.69) is 31.5 Å². The maximum absolute atomic E-state index is 12.1. The van der Waals surface area contributed by atoms with Crippen molar-refractivity contribution in [3.63, 3.8) is 0 Å².